The summed E-state index contributed by atoms with van der Waals surface area (Å²) in [6.45, 7) is 6.52. The molecule has 0 atom stereocenters. The van der Waals surface area contributed by atoms with Crippen LogP contribution >= 0.6 is 7.60 Å². The second kappa shape index (κ2) is 8.17. The smallest absolute Gasteiger partial charge is 0.309 e. The summed E-state index contributed by atoms with van der Waals surface area (Å²) in [5.41, 5.74) is 0.426. The Kier molecular flexibility index (Phi) is 6.87. The molecule has 0 bridgehead atoms. The molecule has 0 aromatic carbocycles. The first kappa shape index (κ1) is 18.5. The van der Waals surface area contributed by atoms with Gasteiger partial charge in [-0.05, 0) is 26.0 Å². The van der Waals surface area contributed by atoms with Gasteiger partial charge in [0.25, 0.3) is 0 Å². The van der Waals surface area contributed by atoms with Gasteiger partial charge in [-0.1, -0.05) is 6.07 Å². The Bertz CT molecular complexity index is 566. The molecule has 8 heteroatoms. The minimum Gasteiger partial charge on any atom is -0.309 e. The summed E-state index contributed by atoms with van der Waals surface area (Å²) in [5.74, 6) is -0.679. The van der Waals surface area contributed by atoms with Gasteiger partial charge in [-0.15, -0.1) is 0 Å². The molecule has 1 aromatic rings. The van der Waals surface area contributed by atoms with Gasteiger partial charge < -0.3 is 9.05 Å². The first-order valence-corrected chi connectivity index (χ1v) is 8.71. The normalized spacial score (nSPS) is 11.3. The first-order valence-electron chi connectivity index (χ1n) is 6.98. The molecule has 0 unspecified atom stereocenters. The minimum atomic E-state index is -3.29. The topological polar surface area (TPSA) is 85.8 Å². The largest absolute Gasteiger partial charge is 0.336 e. The van der Waals surface area contributed by atoms with E-state index >= 15 is 0 Å². The van der Waals surface area contributed by atoms with Crippen LogP contribution < -0.4 is 4.90 Å². The molecular formula is C14H21N2O5P. The summed E-state index contributed by atoms with van der Waals surface area (Å²) < 4.78 is 22.9. The Morgan fingerprint density at radius 1 is 1.14 bits per heavy atom. The molecule has 22 heavy (non-hydrogen) atoms. The quantitative estimate of drug-likeness (QED) is 0.715. The van der Waals surface area contributed by atoms with Crippen molar-refractivity contribution in [3.63, 3.8) is 0 Å². The predicted molar refractivity (Wildman–Crippen MR) is 82.6 cm³/mol. The van der Waals surface area contributed by atoms with Gasteiger partial charge in [0.1, 0.15) is 5.82 Å². The fourth-order valence-corrected chi connectivity index (χ4v) is 3.56. The van der Waals surface area contributed by atoms with Crippen LogP contribution in [-0.2, 0) is 29.4 Å². The monoisotopic (exact) mass is 328 g/mol. The van der Waals surface area contributed by atoms with Crippen molar-refractivity contribution in [2.24, 2.45) is 0 Å². The third-order valence-corrected chi connectivity index (χ3v) is 4.67. The molecule has 1 heterocycles. The van der Waals surface area contributed by atoms with E-state index in [9.17, 15) is 14.2 Å². The lowest BCUT2D eigenvalue weighted by molar-refractivity contribution is -0.124. The zero-order chi connectivity index (χ0) is 16.8. The lowest BCUT2D eigenvalue weighted by Crippen LogP contribution is -2.33. The van der Waals surface area contributed by atoms with E-state index in [4.69, 9.17) is 9.05 Å². The summed E-state index contributed by atoms with van der Waals surface area (Å²) in [4.78, 5) is 28.3. The van der Waals surface area contributed by atoms with Crippen LogP contribution in [0.15, 0.2) is 18.2 Å². The number of hydrogen-bond acceptors (Lipinski definition) is 6. The van der Waals surface area contributed by atoms with E-state index in [0.717, 1.165) is 4.90 Å². The van der Waals surface area contributed by atoms with Gasteiger partial charge in [-0.25, -0.2) is 9.88 Å². The molecule has 0 aliphatic rings. The van der Waals surface area contributed by atoms with E-state index in [1.807, 2.05) is 0 Å². The van der Waals surface area contributed by atoms with Crippen molar-refractivity contribution in [1.82, 2.24) is 4.98 Å². The van der Waals surface area contributed by atoms with E-state index in [1.54, 1.807) is 32.0 Å². The van der Waals surface area contributed by atoms with Crippen LogP contribution in [-0.4, -0.2) is 30.0 Å². The summed E-state index contributed by atoms with van der Waals surface area (Å²) in [6.07, 6.45) is -0.0217. The van der Waals surface area contributed by atoms with Crippen molar-refractivity contribution < 1.29 is 23.2 Å². The number of nitrogens with zero attached hydrogens (tertiary/aromatic N) is 2. The molecule has 0 N–H and O–H groups in total. The van der Waals surface area contributed by atoms with Crippen LogP contribution in [0.5, 0.6) is 0 Å². The molecule has 2 amide bonds. The van der Waals surface area contributed by atoms with Crippen molar-refractivity contribution in [2.75, 3.05) is 18.1 Å². The number of hydrogen-bond donors (Lipinski definition) is 0. The Hall–Kier alpha value is -1.56. The highest BCUT2D eigenvalue weighted by Gasteiger charge is 2.26. The van der Waals surface area contributed by atoms with Crippen molar-refractivity contribution in [3.8, 4) is 0 Å². The average Bonchev–Trinajstić information content (AvgIpc) is 2.38. The molecular weight excluding hydrogens is 307 g/mol. The number of aromatic nitrogens is 1. The second-order valence-corrected chi connectivity index (χ2v) is 6.52. The van der Waals surface area contributed by atoms with E-state index in [0.29, 0.717) is 5.69 Å². The first-order chi connectivity index (χ1) is 10.3. The molecule has 0 radical (unpaired) electrons. The number of carbonyl (C=O) groups is 2. The number of imide groups is 1. The number of amides is 2. The molecule has 7 nitrogen and oxygen atoms in total. The molecule has 0 saturated carbocycles. The molecule has 0 fully saturated rings. The van der Waals surface area contributed by atoms with E-state index in [-0.39, 0.29) is 25.2 Å². The second-order valence-electron chi connectivity index (χ2n) is 4.47. The predicted octanol–water partition coefficient (Wildman–Crippen LogP) is 2.75. The maximum Gasteiger partial charge on any atom is 0.336 e. The van der Waals surface area contributed by atoms with Crippen molar-refractivity contribution in [3.05, 3.63) is 23.9 Å². The number of rotatable bonds is 7. The average molecular weight is 328 g/mol. The van der Waals surface area contributed by atoms with Gasteiger partial charge >= 0.3 is 7.60 Å². The number of anilines is 1. The summed E-state index contributed by atoms with van der Waals surface area (Å²) in [7, 11) is -3.29. The molecule has 1 aromatic heterocycles. The third-order valence-electron chi connectivity index (χ3n) is 2.66. The highest BCUT2D eigenvalue weighted by Crippen LogP contribution is 2.51. The van der Waals surface area contributed by atoms with E-state index < -0.39 is 19.4 Å². The molecule has 122 valence electrons. The van der Waals surface area contributed by atoms with Crippen molar-refractivity contribution in [1.29, 1.82) is 0 Å². The number of pyridine rings is 1. The maximum atomic E-state index is 12.5. The Morgan fingerprint density at radius 2 is 1.68 bits per heavy atom. The van der Waals surface area contributed by atoms with Crippen LogP contribution in [0, 0.1) is 0 Å². The van der Waals surface area contributed by atoms with Gasteiger partial charge in [-0.3, -0.25) is 14.2 Å². The van der Waals surface area contributed by atoms with E-state index in [2.05, 4.69) is 4.98 Å². The van der Waals surface area contributed by atoms with Gasteiger partial charge in [-0.2, -0.15) is 0 Å². The maximum absolute atomic E-state index is 12.5. The fraction of sp³-hybridized carbons (Fsp3) is 0.500. The molecule has 0 saturated heterocycles. The summed E-state index contributed by atoms with van der Waals surface area (Å²) >= 11 is 0. The van der Waals surface area contributed by atoms with Crippen LogP contribution in [0.2, 0.25) is 0 Å². The zero-order valence-corrected chi connectivity index (χ0v) is 14.1. The standard InChI is InChI=1S/C14H21N2O5P/c1-5-20-22(19,21-6-2)10-13-8-7-9-14(15-13)16(11(3)17)12(4)18/h7-9H,5-6,10H2,1-4H3. The highest BCUT2D eigenvalue weighted by molar-refractivity contribution is 7.53. The third kappa shape index (κ3) is 5.02. The van der Waals surface area contributed by atoms with Gasteiger partial charge in [0.2, 0.25) is 11.8 Å². The molecule has 1 rings (SSSR count). The summed E-state index contributed by atoms with van der Waals surface area (Å²) in [5, 5.41) is 0. The van der Waals surface area contributed by atoms with Crippen molar-refractivity contribution in [2.45, 2.75) is 33.9 Å². The molecule has 0 aliphatic heterocycles. The molecule has 0 spiro atoms. The Morgan fingerprint density at radius 3 is 2.14 bits per heavy atom. The highest BCUT2D eigenvalue weighted by atomic mass is 31.2. The van der Waals surface area contributed by atoms with Crippen LogP contribution in [0.25, 0.3) is 0 Å². The summed E-state index contributed by atoms with van der Waals surface area (Å²) in [6, 6.07) is 4.82. The minimum absolute atomic E-state index is 0.0217. The molecule has 0 aliphatic carbocycles. The van der Waals surface area contributed by atoms with E-state index in [1.165, 1.54) is 13.8 Å². The lowest BCUT2D eigenvalue weighted by atomic mass is 10.3. The van der Waals surface area contributed by atoms with Crippen molar-refractivity contribution >= 4 is 25.2 Å². The lowest BCUT2D eigenvalue weighted by Gasteiger charge is -2.19. The number of carbonyl (C=O) groups excluding carboxylic acids is 2. The van der Waals surface area contributed by atoms with Gasteiger partial charge in [0, 0.05) is 13.8 Å². The van der Waals surface area contributed by atoms with Crippen LogP contribution in [0.4, 0.5) is 5.82 Å². The Labute approximate surface area is 130 Å². The van der Waals surface area contributed by atoms with Crippen LogP contribution in [0.3, 0.4) is 0 Å². The van der Waals surface area contributed by atoms with Crippen LogP contribution in [0.1, 0.15) is 33.4 Å². The fourth-order valence-electron chi connectivity index (χ4n) is 1.94. The zero-order valence-electron chi connectivity index (χ0n) is 13.2. The Balaban J connectivity index is 3.08. The van der Waals surface area contributed by atoms with Gasteiger partial charge in [0.15, 0.2) is 0 Å². The SMILES string of the molecule is CCOP(=O)(Cc1cccc(N(C(C)=O)C(C)=O)n1)OCC. The van der Waals surface area contributed by atoms with Gasteiger partial charge in [0.05, 0.1) is 25.1 Å².